The number of hydrogen-bond donors (Lipinski definition) is 0. The van der Waals surface area contributed by atoms with Gasteiger partial charge in [0.05, 0.1) is 11.0 Å². The molecule has 2 bridgehead atoms. The van der Waals surface area contributed by atoms with Gasteiger partial charge in [-0.2, -0.15) is 0 Å². The van der Waals surface area contributed by atoms with Crippen LogP contribution in [0.1, 0.15) is 43.7 Å². The van der Waals surface area contributed by atoms with Crippen molar-refractivity contribution in [2.75, 3.05) is 0 Å². The Morgan fingerprint density at radius 2 is 1.36 bits per heavy atom. The number of allylic oxidation sites excluding steroid dienone is 2. The second-order valence-electron chi connectivity index (χ2n) is 12.8. The van der Waals surface area contributed by atoms with Crippen LogP contribution in [-0.4, -0.2) is 4.57 Å². The fourth-order valence-corrected chi connectivity index (χ4v) is 8.87. The minimum atomic E-state index is -0.0559. The molecule has 0 amide bonds. The molecule has 9 rings (SSSR count). The van der Waals surface area contributed by atoms with E-state index < -0.39 is 0 Å². The molecule has 1 fully saturated rings. The molecule has 1 spiro atoms. The molecule has 3 atom stereocenters. The van der Waals surface area contributed by atoms with Gasteiger partial charge in [0.15, 0.2) is 0 Å². The van der Waals surface area contributed by atoms with Crippen molar-refractivity contribution in [1.29, 1.82) is 0 Å². The van der Waals surface area contributed by atoms with Crippen molar-refractivity contribution >= 4 is 33.4 Å². The number of fused-ring (bicyclic) bond motifs is 11. The first kappa shape index (κ1) is 24.5. The number of aromatic nitrogens is 1. The van der Waals surface area contributed by atoms with Gasteiger partial charge in [0.2, 0.25) is 0 Å². The van der Waals surface area contributed by atoms with E-state index in [-0.39, 0.29) is 5.41 Å². The van der Waals surface area contributed by atoms with Gasteiger partial charge in [0, 0.05) is 26.9 Å². The van der Waals surface area contributed by atoms with Crippen LogP contribution in [0.2, 0.25) is 5.02 Å². The molecule has 5 aromatic carbocycles. The molecule has 3 unspecified atom stereocenters. The molecule has 3 aliphatic rings. The summed E-state index contributed by atoms with van der Waals surface area (Å²) in [7, 11) is 0. The predicted molar refractivity (Wildman–Crippen MR) is 177 cm³/mol. The van der Waals surface area contributed by atoms with Gasteiger partial charge in [-0.1, -0.05) is 96.9 Å². The fraction of sp³-hybridized carbons (Fsp3) is 0.200. The highest BCUT2D eigenvalue weighted by atomic mass is 35.5. The lowest BCUT2D eigenvalue weighted by molar-refractivity contribution is 0.284. The van der Waals surface area contributed by atoms with Crippen LogP contribution < -0.4 is 0 Å². The van der Waals surface area contributed by atoms with Gasteiger partial charge < -0.3 is 4.57 Å². The molecule has 204 valence electrons. The highest BCUT2D eigenvalue weighted by Crippen LogP contribution is 2.61. The van der Waals surface area contributed by atoms with Gasteiger partial charge in [-0.25, -0.2) is 0 Å². The zero-order chi connectivity index (χ0) is 28.0. The maximum atomic E-state index is 6.67. The van der Waals surface area contributed by atoms with Crippen LogP contribution in [0.3, 0.4) is 0 Å². The summed E-state index contributed by atoms with van der Waals surface area (Å²) in [5, 5.41) is 3.43. The lowest BCUT2D eigenvalue weighted by atomic mass is 9.58. The zero-order valence-electron chi connectivity index (χ0n) is 23.8. The van der Waals surface area contributed by atoms with Crippen LogP contribution in [0.4, 0.5) is 0 Å². The van der Waals surface area contributed by atoms with E-state index >= 15 is 0 Å². The SMILES string of the molecule is CC1C=C2CC(CCC23c2cc(Cl)ccc2-c2ccc(-c4ccc(-n5c6ccccc6c6ccccc65)cc4)cc23)C1. The van der Waals surface area contributed by atoms with Crippen LogP contribution in [0.5, 0.6) is 0 Å². The van der Waals surface area contributed by atoms with Gasteiger partial charge in [-0.3, -0.25) is 0 Å². The molecule has 0 saturated heterocycles. The van der Waals surface area contributed by atoms with Gasteiger partial charge in [0.1, 0.15) is 0 Å². The van der Waals surface area contributed by atoms with Crippen LogP contribution in [-0.2, 0) is 5.41 Å². The Bertz CT molecular complexity index is 2020. The molecule has 1 heterocycles. The van der Waals surface area contributed by atoms with Gasteiger partial charge in [-0.15, -0.1) is 0 Å². The molecular formula is C40H32ClN. The molecule has 0 radical (unpaired) electrons. The maximum Gasteiger partial charge on any atom is 0.0541 e. The Kier molecular flexibility index (Phi) is 5.23. The van der Waals surface area contributed by atoms with Gasteiger partial charge in [0.25, 0.3) is 0 Å². The summed E-state index contributed by atoms with van der Waals surface area (Å²) < 4.78 is 2.39. The number of para-hydroxylation sites is 2. The molecule has 0 aliphatic heterocycles. The minimum Gasteiger partial charge on any atom is -0.309 e. The smallest absolute Gasteiger partial charge is 0.0541 e. The molecular weight excluding hydrogens is 530 g/mol. The van der Waals surface area contributed by atoms with Crippen molar-refractivity contribution in [2.24, 2.45) is 11.8 Å². The van der Waals surface area contributed by atoms with Crippen LogP contribution in [0.25, 0.3) is 49.7 Å². The Hall–Kier alpha value is -4.07. The number of rotatable bonds is 2. The standard InChI is InChI=1S/C40H32ClN/c1-25-20-26-18-19-40(29(21-25)22-26)36-23-28(12-16-32(36)33-17-13-30(41)24-37(33)40)27-10-14-31(15-11-27)42-38-8-4-2-6-34(38)35-7-3-5-9-39(35)42/h2-17,21,23-26H,18-20,22H2,1H3. The van der Waals surface area contributed by atoms with Crippen molar-refractivity contribution in [2.45, 2.75) is 38.0 Å². The summed E-state index contributed by atoms with van der Waals surface area (Å²) in [6.45, 7) is 2.40. The third kappa shape index (κ3) is 3.38. The van der Waals surface area contributed by atoms with E-state index in [9.17, 15) is 0 Å². The Balaban J connectivity index is 1.18. The van der Waals surface area contributed by atoms with Crippen molar-refractivity contribution in [3.8, 4) is 27.9 Å². The quantitative estimate of drug-likeness (QED) is 0.185. The van der Waals surface area contributed by atoms with E-state index in [1.807, 2.05) is 0 Å². The highest BCUT2D eigenvalue weighted by Gasteiger charge is 2.49. The first-order valence-electron chi connectivity index (χ1n) is 15.4. The van der Waals surface area contributed by atoms with E-state index in [0.29, 0.717) is 5.92 Å². The second-order valence-corrected chi connectivity index (χ2v) is 13.2. The zero-order valence-corrected chi connectivity index (χ0v) is 24.5. The van der Waals surface area contributed by atoms with Crippen molar-refractivity contribution in [3.05, 3.63) is 137 Å². The van der Waals surface area contributed by atoms with Crippen molar-refractivity contribution in [1.82, 2.24) is 4.57 Å². The Morgan fingerprint density at radius 1 is 0.714 bits per heavy atom. The van der Waals surface area contributed by atoms with E-state index in [0.717, 1.165) is 10.9 Å². The van der Waals surface area contributed by atoms with Crippen molar-refractivity contribution < 1.29 is 0 Å². The topological polar surface area (TPSA) is 4.93 Å². The number of benzene rings is 5. The molecule has 0 N–H and O–H groups in total. The Morgan fingerprint density at radius 3 is 2.10 bits per heavy atom. The fourth-order valence-electron chi connectivity index (χ4n) is 8.70. The summed E-state index contributed by atoms with van der Waals surface area (Å²) >= 11 is 6.67. The lowest BCUT2D eigenvalue weighted by Gasteiger charge is -2.45. The monoisotopic (exact) mass is 561 g/mol. The summed E-state index contributed by atoms with van der Waals surface area (Å²) in [5.74, 6) is 1.45. The maximum absolute atomic E-state index is 6.67. The normalized spacial score (nSPS) is 22.4. The summed E-state index contributed by atoms with van der Waals surface area (Å²) in [5.41, 5.74) is 13.4. The van der Waals surface area contributed by atoms with Crippen molar-refractivity contribution in [3.63, 3.8) is 0 Å². The van der Waals surface area contributed by atoms with E-state index in [2.05, 4.69) is 127 Å². The molecule has 2 heteroatoms. The van der Waals surface area contributed by atoms with Crippen LogP contribution in [0, 0.1) is 11.8 Å². The van der Waals surface area contributed by atoms with E-state index in [4.69, 9.17) is 11.6 Å². The third-order valence-electron chi connectivity index (χ3n) is 10.4. The summed E-state index contributed by atoms with van der Waals surface area (Å²) in [4.78, 5) is 0. The number of halogens is 1. The van der Waals surface area contributed by atoms with Crippen LogP contribution in [0.15, 0.2) is 121 Å². The molecule has 42 heavy (non-hydrogen) atoms. The van der Waals surface area contributed by atoms with Crippen LogP contribution >= 0.6 is 11.6 Å². The van der Waals surface area contributed by atoms with Gasteiger partial charge >= 0.3 is 0 Å². The molecule has 1 aromatic heterocycles. The molecule has 6 aromatic rings. The molecule has 1 saturated carbocycles. The summed E-state index contributed by atoms with van der Waals surface area (Å²) in [6, 6.07) is 40.3. The minimum absolute atomic E-state index is 0.0559. The average molecular weight is 562 g/mol. The predicted octanol–water partition coefficient (Wildman–Crippen LogP) is 11.1. The average Bonchev–Trinajstić information content (AvgIpc) is 3.49. The molecule has 3 aliphatic carbocycles. The largest absolute Gasteiger partial charge is 0.309 e. The molecule has 1 nitrogen and oxygen atoms in total. The van der Waals surface area contributed by atoms with E-state index in [1.54, 1.807) is 5.57 Å². The number of nitrogens with zero attached hydrogens (tertiary/aromatic N) is 1. The third-order valence-corrected chi connectivity index (χ3v) is 10.7. The first-order valence-corrected chi connectivity index (χ1v) is 15.7. The number of hydrogen-bond acceptors (Lipinski definition) is 0. The lowest BCUT2D eigenvalue weighted by Crippen LogP contribution is -2.36. The second kappa shape index (κ2) is 8.96. The van der Waals surface area contributed by atoms with Gasteiger partial charge in [-0.05, 0) is 113 Å². The summed E-state index contributed by atoms with van der Waals surface area (Å²) in [6.07, 6.45) is 7.60. The first-order chi connectivity index (χ1) is 20.6. The Labute approximate surface area is 252 Å². The van der Waals surface area contributed by atoms with E-state index in [1.165, 1.54) is 86.6 Å². The highest BCUT2D eigenvalue weighted by molar-refractivity contribution is 6.30.